The minimum Gasteiger partial charge on any atom is -0.472 e. The number of aromatic nitrogens is 2. The molecule has 2 aromatic heterocycles. The lowest BCUT2D eigenvalue weighted by molar-refractivity contribution is 0.561. The summed E-state index contributed by atoms with van der Waals surface area (Å²) in [5, 5.41) is 0. The molecule has 18 heavy (non-hydrogen) atoms. The van der Waals surface area contributed by atoms with Crippen molar-refractivity contribution in [3.63, 3.8) is 0 Å². The summed E-state index contributed by atoms with van der Waals surface area (Å²) in [5.41, 5.74) is 10.1. The van der Waals surface area contributed by atoms with E-state index in [9.17, 15) is 0 Å². The normalized spacial score (nSPS) is 12.7. The number of hydrogen-bond donors (Lipinski definition) is 1. The van der Waals surface area contributed by atoms with Crippen molar-refractivity contribution >= 4 is 11.0 Å². The molecule has 0 amide bonds. The number of fused-ring (bicyclic) bond motifs is 1. The number of rotatable bonds is 3. The summed E-state index contributed by atoms with van der Waals surface area (Å²) in [7, 11) is 0. The fraction of sp³-hybridized carbons (Fsp3) is 0.143. The average Bonchev–Trinajstić information content (AvgIpc) is 2.91. The molecule has 0 saturated carbocycles. The quantitative estimate of drug-likeness (QED) is 0.762. The van der Waals surface area contributed by atoms with Crippen molar-refractivity contribution in [2.75, 3.05) is 0 Å². The zero-order valence-corrected chi connectivity index (χ0v) is 9.78. The van der Waals surface area contributed by atoms with Crippen molar-refractivity contribution in [2.24, 2.45) is 5.73 Å². The van der Waals surface area contributed by atoms with E-state index in [-0.39, 0.29) is 6.04 Å². The van der Waals surface area contributed by atoms with Gasteiger partial charge in [0.2, 0.25) is 0 Å². The number of hydrogen-bond acceptors (Lipinski definition) is 4. The van der Waals surface area contributed by atoms with Gasteiger partial charge in [-0.2, -0.15) is 0 Å². The van der Waals surface area contributed by atoms with Crippen LogP contribution in [0.15, 0.2) is 53.6 Å². The van der Waals surface area contributed by atoms with Crippen molar-refractivity contribution in [3.05, 3.63) is 60.3 Å². The number of furan rings is 1. The van der Waals surface area contributed by atoms with E-state index in [0.717, 1.165) is 28.6 Å². The first-order chi connectivity index (χ1) is 8.83. The van der Waals surface area contributed by atoms with Gasteiger partial charge in [-0.1, -0.05) is 6.07 Å². The summed E-state index contributed by atoms with van der Waals surface area (Å²) in [6.07, 6.45) is 7.51. The second kappa shape index (κ2) is 4.58. The average molecular weight is 239 g/mol. The van der Waals surface area contributed by atoms with Gasteiger partial charge in [-0.05, 0) is 35.7 Å². The molecule has 0 bridgehead atoms. The van der Waals surface area contributed by atoms with E-state index in [2.05, 4.69) is 9.97 Å². The fourth-order valence-electron chi connectivity index (χ4n) is 1.99. The van der Waals surface area contributed by atoms with E-state index in [0.29, 0.717) is 0 Å². The summed E-state index contributed by atoms with van der Waals surface area (Å²) in [6.45, 7) is 0. The molecule has 0 aliphatic heterocycles. The van der Waals surface area contributed by atoms with Crippen LogP contribution in [0.1, 0.15) is 17.2 Å². The molecule has 4 nitrogen and oxygen atoms in total. The molecule has 0 radical (unpaired) electrons. The summed E-state index contributed by atoms with van der Waals surface area (Å²) >= 11 is 0. The van der Waals surface area contributed by atoms with E-state index in [1.807, 2.05) is 24.3 Å². The Hall–Kier alpha value is -2.20. The lowest BCUT2D eigenvalue weighted by Gasteiger charge is -2.11. The zero-order valence-electron chi connectivity index (χ0n) is 9.78. The Bertz CT molecular complexity index is 649. The van der Waals surface area contributed by atoms with Crippen LogP contribution in [0.3, 0.4) is 0 Å². The standard InChI is InChI=1S/C14H13N3O/c15-12(7-10-3-6-18-9-10)11-1-2-13-14(8-11)17-5-4-16-13/h1-6,8-9,12H,7,15H2. The molecular weight excluding hydrogens is 226 g/mol. The molecule has 3 aromatic rings. The predicted octanol–water partition coefficient (Wildman–Crippen LogP) is 2.47. The van der Waals surface area contributed by atoms with Gasteiger partial charge in [-0.15, -0.1) is 0 Å². The first kappa shape index (κ1) is 10.9. The molecule has 4 heteroatoms. The first-order valence-corrected chi connectivity index (χ1v) is 5.80. The molecule has 0 saturated heterocycles. The Morgan fingerprint density at radius 2 is 1.94 bits per heavy atom. The minimum absolute atomic E-state index is 0.0611. The number of benzene rings is 1. The van der Waals surface area contributed by atoms with Crippen LogP contribution >= 0.6 is 0 Å². The smallest absolute Gasteiger partial charge is 0.0935 e. The Morgan fingerprint density at radius 1 is 1.11 bits per heavy atom. The Labute approximate surface area is 104 Å². The van der Waals surface area contributed by atoms with E-state index in [4.69, 9.17) is 10.2 Å². The summed E-state index contributed by atoms with van der Waals surface area (Å²) in [5.74, 6) is 0. The number of nitrogens with zero attached hydrogens (tertiary/aromatic N) is 2. The maximum absolute atomic E-state index is 6.19. The molecule has 2 heterocycles. The van der Waals surface area contributed by atoms with Gasteiger partial charge in [0.15, 0.2) is 0 Å². The van der Waals surface area contributed by atoms with Crippen molar-refractivity contribution in [1.29, 1.82) is 0 Å². The van der Waals surface area contributed by atoms with Crippen LogP contribution in [-0.2, 0) is 6.42 Å². The maximum atomic E-state index is 6.19. The second-order valence-electron chi connectivity index (χ2n) is 4.25. The minimum atomic E-state index is -0.0611. The molecule has 0 spiro atoms. The second-order valence-corrected chi connectivity index (χ2v) is 4.25. The summed E-state index contributed by atoms with van der Waals surface area (Å²) in [4.78, 5) is 8.52. The predicted molar refractivity (Wildman–Crippen MR) is 68.9 cm³/mol. The third kappa shape index (κ3) is 2.10. The Balaban J connectivity index is 1.89. The van der Waals surface area contributed by atoms with Gasteiger partial charge < -0.3 is 10.2 Å². The molecule has 0 fully saturated rings. The molecule has 1 aromatic carbocycles. The van der Waals surface area contributed by atoms with Crippen LogP contribution in [0.4, 0.5) is 0 Å². The van der Waals surface area contributed by atoms with Crippen LogP contribution < -0.4 is 5.73 Å². The largest absolute Gasteiger partial charge is 0.472 e. The van der Waals surface area contributed by atoms with Gasteiger partial charge in [0.25, 0.3) is 0 Å². The van der Waals surface area contributed by atoms with Crippen LogP contribution in [-0.4, -0.2) is 9.97 Å². The molecular formula is C14H13N3O. The van der Waals surface area contributed by atoms with Crippen LogP contribution in [0.2, 0.25) is 0 Å². The highest BCUT2D eigenvalue weighted by Crippen LogP contribution is 2.19. The third-order valence-corrected chi connectivity index (χ3v) is 2.96. The Morgan fingerprint density at radius 3 is 2.72 bits per heavy atom. The molecule has 1 atom stereocenters. The van der Waals surface area contributed by atoms with E-state index >= 15 is 0 Å². The van der Waals surface area contributed by atoms with Crippen molar-refractivity contribution in [1.82, 2.24) is 9.97 Å². The highest BCUT2D eigenvalue weighted by atomic mass is 16.3. The van der Waals surface area contributed by atoms with Gasteiger partial charge in [0.05, 0.1) is 23.6 Å². The third-order valence-electron chi connectivity index (χ3n) is 2.96. The van der Waals surface area contributed by atoms with E-state index in [1.165, 1.54) is 0 Å². The molecule has 2 N–H and O–H groups in total. The monoisotopic (exact) mass is 239 g/mol. The van der Waals surface area contributed by atoms with Crippen molar-refractivity contribution in [3.8, 4) is 0 Å². The van der Waals surface area contributed by atoms with Crippen molar-refractivity contribution in [2.45, 2.75) is 12.5 Å². The van der Waals surface area contributed by atoms with E-state index < -0.39 is 0 Å². The van der Waals surface area contributed by atoms with Crippen molar-refractivity contribution < 1.29 is 4.42 Å². The topological polar surface area (TPSA) is 64.9 Å². The molecule has 0 aliphatic rings. The molecule has 1 unspecified atom stereocenters. The van der Waals surface area contributed by atoms with Gasteiger partial charge in [-0.25, -0.2) is 0 Å². The van der Waals surface area contributed by atoms with Gasteiger partial charge >= 0.3 is 0 Å². The first-order valence-electron chi connectivity index (χ1n) is 5.80. The number of nitrogens with two attached hydrogens (primary N) is 1. The maximum Gasteiger partial charge on any atom is 0.0935 e. The van der Waals surface area contributed by atoms with E-state index in [1.54, 1.807) is 24.9 Å². The molecule has 3 rings (SSSR count). The van der Waals surface area contributed by atoms with Gasteiger partial charge in [0, 0.05) is 18.4 Å². The highest BCUT2D eigenvalue weighted by Gasteiger charge is 2.09. The van der Waals surface area contributed by atoms with Gasteiger partial charge in [-0.3, -0.25) is 9.97 Å². The summed E-state index contributed by atoms with van der Waals surface area (Å²) < 4.78 is 5.04. The van der Waals surface area contributed by atoms with Gasteiger partial charge in [0.1, 0.15) is 0 Å². The highest BCUT2D eigenvalue weighted by molar-refractivity contribution is 5.74. The van der Waals surface area contributed by atoms with Crippen LogP contribution in [0.25, 0.3) is 11.0 Å². The van der Waals surface area contributed by atoms with Crippen LogP contribution in [0, 0.1) is 0 Å². The molecule has 90 valence electrons. The fourth-order valence-corrected chi connectivity index (χ4v) is 1.99. The van der Waals surface area contributed by atoms with Crippen LogP contribution in [0.5, 0.6) is 0 Å². The lowest BCUT2D eigenvalue weighted by atomic mass is 10.0. The zero-order chi connectivity index (χ0) is 12.4. The lowest BCUT2D eigenvalue weighted by Crippen LogP contribution is -2.13. The Kier molecular flexibility index (Phi) is 2.78. The SMILES string of the molecule is NC(Cc1ccoc1)c1ccc2nccnc2c1. The summed E-state index contributed by atoms with van der Waals surface area (Å²) in [6, 6.07) is 7.82. The molecule has 0 aliphatic carbocycles.